The maximum absolute atomic E-state index is 10.4. The van der Waals surface area contributed by atoms with Gasteiger partial charge in [0, 0.05) is 17.8 Å². The van der Waals surface area contributed by atoms with Crippen LogP contribution in [0.25, 0.3) is 0 Å². The number of rotatable bonds is 6. The number of ether oxygens (including phenoxy) is 2. The Labute approximate surface area is 145 Å². The molecule has 4 nitrogen and oxygen atoms in total. The molecule has 0 aromatic heterocycles. The van der Waals surface area contributed by atoms with Crippen molar-refractivity contribution in [2.24, 2.45) is 23.7 Å². The number of aliphatic hydroxyl groups excluding tert-OH is 2. The highest BCUT2D eigenvalue weighted by Crippen LogP contribution is 2.54. The summed E-state index contributed by atoms with van der Waals surface area (Å²) >= 11 is 0. The SMILES string of the molecule is CC(C)=CCC/C(C)=C/CC[C@@H]1[C@H]2CC[C@@H]3[C@H]2[C@H](O[C@H]1O)O[C@@H]3O. The molecule has 0 aromatic carbocycles. The molecule has 3 rings (SSSR count). The molecule has 24 heavy (non-hydrogen) atoms. The van der Waals surface area contributed by atoms with Crippen molar-refractivity contribution in [1.29, 1.82) is 0 Å². The molecule has 136 valence electrons. The van der Waals surface area contributed by atoms with Gasteiger partial charge in [0.25, 0.3) is 0 Å². The monoisotopic (exact) mass is 336 g/mol. The second kappa shape index (κ2) is 7.69. The van der Waals surface area contributed by atoms with Gasteiger partial charge in [-0.3, -0.25) is 0 Å². The number of aliphatic hydroxyl groups is 2. The molecule has 2 aliphatic heterocycles. The minimum Gasteiger partial charge on any atom is -0.368 e. The molecule has 0 bridgehead atoms. The molecule has 0 radical (unpaired) electrons. The summed E-state index contributed by atoms with van der Waals surface area (Å²) < 4.78 is 11.1. The van der Waals surface area contributed by atoms with E-state index in [4.69, 9.17) is 9.47 Å². The Hall–Kier alpha value is -0.680. The van der Waals surface area contributed by atoms with Crippen molar-refractivity contribution in [3.05, 3.63) is 23.3 Å². The quantitative estimate of drug-likeness (QED) is 0.726. The fraction of sp³-hybridized carbons (Fsp3) is 0.800. The van der Waals surface area contributed by atoms with E-state index in [1.54, 1.807) is 0 Å². The lowest BCUT2D eigenvalue weighted by Gasteiger charge is -2.40. The van der Waals surface area contributed by atoms with Crippen molar-refractivity contribution >= 4 is 0 Å². The summed E-state index contributed by atoms with van der Waals surface area (Å²) in [5.41, 5.74) is 2.79. The first kappa shape index (κ1) is 18.1. The van der Waals surface area contributed by atoms with E-state index in [0.717, 1.165) is 38.5 Å². The summed E-state index contributed by atoms with van der Waals surface area (Å²) in [7, 11) is 0. The molecule has 1 aliphatic carbocycles. The fourth-order valence-electron chi connectivity index (χ4n) is 4.79. The van der Waals surface area contributed by atoms with Crippen LogP contribution in [0, 0.1) is 23.7 Å². The Morgan fingerprint density at radius 3 is 2.42 bits per heavy atom. The highest BCUT2D eigenvalue weighted by atomic mass is 16.8. The molecule has 0 spiro atoms. The first-order valence-electron chi connectivity index (χ1n) is 9.43. The lowest BCUT2D eigenvalue weighted by atomic mass is 9.77. The Kier molecular flexibility index (Phi) is 5.81. The summed E-state index contributed by atoms with van der Waals surface area (Å²) in [6, 6.07) is 0. The van der Waals surface area contributed by atoms with E-state index in [1.165, 1.54) is 11.1 Å². The van der Waals surface area contributed by atoms with Crippen LogP contribution in [0.4, 0.5) is 0 Å². The van der Waals surface area contributed by atoms with Crippen molar-refractivity contribution < 1.29 is 19.7 Å². The third kappa shape index (κ3) is 3.77. The van der Waals surface area contributed by atoms with Gasteiger partial charge < -0.3 is 19.7 Å². The summed E-state index contributed by atoms with van der Waals surface area (Å²) in [5.74, 6) is 1.03. The van der Waals surface area contributed by atoms with Gasteiger partial charge in [-0.15, -0.1) is 0 Å². The van der Waals surface area contributed by atoms with Gasteiger partial charge in [-0.2, -0.15) is 0 Å². The molecule has 2 heterocycles. The van der Waals surface area contributed by atoms with Gasteiger partial charge >= 0.3 is 0 Å². The molecular formula is C20H32O4. The zero-order chi connectivity index (χ0) is 17.3. The minimum absolute atomic E-state index is 0.159. The molecule has 3 aliphatic rings. The molecule has 0 unspecified atom stereocenters. The zero-order valence-electron chi connectivity index (χ0n) is 15.1. The molecule has 0 amide bonds. The van der Waals surface area contributed by atoms with Crippen LogP contribution in [0.5, 0.6) is 0 Å². The van der Waals surface area contributed by atoms with Crippen molar-refractivity contribution in [1.82, 2.24) is 0 Å². The van der Waals surface area contributed by atoms with E-state index >= 15 is 0 Å². The third-order valence-electron chi connectivity index (χ3n) is 6.05. The van der Waals surface area contributed by atoms with Crippen LogP contribution in [-0.4, -0.2) is 29.1 Å². The topological polar surface area (TPSA) is 58.9 Å². The first-order valence-corrected chi connectivity index (χ1v) is 9.43. The van der Waals surface area contributed by atoms with Crippen LogP contribution in [0.15, 0.2) is 23.3 Å². The van der Waals surface area contributed by atoms with E-state index in [-0.39, 0.29) is 17.8 Å². The van der Waals surface area contributed by atoms with Gasteiger partial charge in [0.2, 0.25) is 0 Å². The maximum Gasteiger partial charge on any atom is 0.167 e. The molecule has 2 N–H and O–H groups in total. The van der Waals surface area contributed by atoms with Crippen LogP contribution in [-0.2, 0) is 9.47 Å². The van der Waals surface area contributed by atoms with Crippen molar-refractivity contribution in [2.75, 3.05) is 0 Å². The number of hydrogen-bond donors (Lipinski definition) is 2. The Bertz CT molecular complexity index is 494. The highest BCUT2D eigenvalue weighted by Gasteiger charge is 2.58. The van der Waals surface area contributed by atoms with Gasteiger partial charge in [0.05, 0.1) is 0 Å². The Morgan fingerprint density at radius 2 is 1.67 bits per heavy atom. The number of hydrogen-bond acceptors (Lipinski definition) is 4. The normalized spacial score (nSPS) is 41.4. The van der Waals surface area contributed by atoms with Crippen LogP contribution >= 0.6 is 0 Å². The average molecular weight is 336 g/mol. The zero-order valence-corrected chi connectivity index (χ0v) is 15.1. The van der Waals surface area contributed by atoms with Crippen molar-refractivity contribution in [2.45, 2.75) is 78.2 Å². The van der Waals surface area contributed by atoms with Crippen LogP contribution in [0.1, 0.15) is 59.3 Å². The van der Waals surface area contributed by atoms with E-state index in [1.807, 2.05) is 0 Å². The van der Waals surface area contributed by atoms with Crippen LogP contribution in [0.2, 0.25) is 0 Å². The second-order valence-corrected chi connectivity index (χ2v) is 8.02. The smallest absolute Gasteiger partial charge is 0.167 e. The Balaban J connectivity index is 1.53. The van der Waals surface area contributed by atoms with Gasteiger partial charge in [-0.1, -0.05) is 23.3 Å². The molecule has 0 aromatic rings. The molecule has 4 heteroatoms. The van der Waals surface area contributed by atoms with Gasteiger partial charge in [0.1, 0.15) is 0 Å². The van der Waals surface area contributed by atoms with E-state index < -0.39 is 18.9 Å². The molecule has 2 saturated heterocycles. The summed E-state index contributed by atoms with van der Waals surface area (Å²) in [4.78, 5) is 0. The van der Waals surface area contributed by atoms with Crippen LogP contribution < -0.4 is 0 Å². The predicted molar refractivity (Wildman–Crippen MR) is 92.8 cm³/mol. The second-order valence-electron chi connectivity index (χ2n) is 8.02. The average Bonchev–Trinajstić information content (AvgIpc) is 3.06. The highest BCUT2D eigenvalue weighted by molar-refractivity contribution is 5.03. The summed E-state index contributed by atoms with van der Waals surface area (Å²) in [5, 5.41) is 20.4. The van der Waals surface area contributed by atoms with E-state index in [2.05, 4.69) is 32.9 Å². The standard InChI is InChI=1S/C20H32O4/c1-12(2)6-4-7-13(3)8-5-9-15-14-10-11-16-17(14)20(23-18(15)21)24-19(16)22/h6,8,14-22H,4-5,7,9-11H2,1-3H3/b13-8+/t14-,15-,16-,17+,18-,19+,20-/m1/s1. The Morgan fingerprint density at radius 1 is 0.958 bits per heavy atom. The maximum atomic E-state index is 10.4. The van der Waals surface area contributed by atoms with E-state index in [0.29, 0.717) is 5.92 Å². The van der Waals surface area contributed by atoms with Gasteiger partial charge in [-0.05, 0) is 65.2 Å². The van der Waals surface area contributed by atoms with Crippen LogP contribution in [0.3, 0.4) is 0 Å². The van der Waals surface area contributed by atoms with Gasteiger partial charge in [0.15, 0.2) is 18.9 Å². The van der Waals surface area contributed by atoms with E-state index in [9.17, 15) is 10.2 Å². The summed E-state index contributed by atoms with van der Waals surface area (Å²) in [6.45, 7) is 6.46. The van der Waals surface area contributed by atoms with Crippen molar-refractivity contribution in [3.8, 4) is 0 Å². The molecule has 3 fully saturated rings. The minimum atomic E-state index is -0.764. The summed E-state index contributed by atoms with van der Waals surface area (Å²) in [6.07, 6.45) is 8.88. The lowest BCUT2D eigenvalue weighted by molar-refractivity contribution is -0.301. The lowest BCUT2D eigenvalue weighted by Crippen LogP contribution is -2.45. The fourth-order valence-corrected chi connectivity index (χ4v) is 4.79. The largest absolute Gasteiger partial charge is 0.368 e. The predicted octanol–water partition coefficient (Wildman–Crippen LogP) is 3.74. The third-order valence-corrected chi connectivity index (χ3v) is 6.05. The molecule has 1 saturated carbocycles. The first-order chi connectivity index (χ1) is 11.5. The molecule has 7 atom stereocenters. The van der Waals surface area contributed by atoms with Gasteiger partial charge in [-0.25, -0.2) is 0 Å². The number of allylic oxidation sites excluding steroid dienone is 4. The molecular weight excluding hydrogens is 304 g/mol. The van der Waals surface area contributed by atoms with Crippen molar-refractivity contribution in [3.63, 3.8) is 0 Å².